The second-order valence-electron chi connectivity index (χ2n) is 9.44. The number of carboxylic acid groups (broad SMARTS) is 1. The first-order valence-electron chi connectivity index (χ1n) is 13.5. The average Bonchev–Trinajstić information content (AvgIpc) is 3.31. The number of rotatable bonds is 15. The molecule has 3 aromatic rings. The summed E-state index contributed by atoms with van der Waals surface area (Å²) in [4.78, 5) is 23.6. The van der Waals surface area contributed by atoms with Crippen LogP contribution >= 0.6 is 0 Å². The van der Waals surface area contributed by atoms with E-state index in [-0.39, 0.29) is 18.9 Å². The second-order valence-corrected chi connectivity index (χ2v) is 9.44. The Morgan fingerprint density at radius 3 is 2.57 bits per heavy atom. The van der Waals surface area contributed by atoms with Gasteiger partial charge in [0.05, 0.1) is 12.3 Å². The highest BCUT2D eigenvalue weighted by molar-refractivity contribution is 6.05. The number of aliphatic carboxylic acids is 1. The van der Waals surface area contributed by atoms with Gasteiger partial charge in [0.15, 0.2) is 0 Å². The Bertz CT molecular complexity index is 1210. The predicted octanol–water partition coefficient (Wildman–Crippen LogP) is 7.85. The molecule has 0 aliphatic carbocycles. The number of hydrogen-bond acceptors (Lipinski definition) is 3. The molecule has 198 valence electrons. The molecule has 0 radical (unpaired) electrons. The van der Waals surface area contributed by atoms with Crippen molar-refractivity contribution in [3.63, 3.8) is 0 Å². The molecule has 6 nitrogen and oxygen atoms in total. The Hall–Kier alpha value is -3.54. The van der Waals surface area contributed by atoms with Crippen LogP contribution in [0, 0.1) is 0 Å². The molecular weight excluding hydrogens is 464 g/mol. The Labute approximate surface area is 220 Å². The van der Waals surface area contributed by atoms with Crippen molar-refractivity contribution in [3.05, 3.63) is 66.4 Å². The maximum atomic E-state index is 12.9. The number of anilines is 1. The van der Waals surface area contributed by atoms with Crippen molar-refractivity contribution in [2.75, 3.05) is 11.9 Å². The quantitative estimate of drug-likeness (QED) is 0.163. The molecule has 1 unspecified atom stereocenters. The molecule has 1 heterocycles. The molecule has 0 saturated carbocycles. The van der Waals surface area contributed by atoms with Crippen molar-refractivity contribution in [2.45, 2.75) is 78.2 Å². The molecule has 0 aliphatic heterocycles. The van der Waals surface area contributed by atoms with Crippen LogP contribution < -0.4 is 10.1 Å². The lowest BCUT2D eigenvalue weighted by molar-refractivity contribution is -0.137. The van der Waals surface area contributed by atoms with E-state index in [1.807, 2.05) is 12.1 Å². The lowest BCUT2D eigenvalue weighted by Gasteiger charge is -2.19. The molecule has 1 atom stereocenters. The third-order valence-corrected chi connectivity index (χ3v) is 6.62. The van der Waals surface area contributed by atoms with Crippen LogP contribution in [0.1, 0.15) is 83.7 Å². The number of hydrogen-bond donors (Lipinski definition) is 2. The third-order valence-electron chi connectivity index (χ3n) is 6.62. The van der Waals surface area contributed by atoms with Crippen LogP contribution in [-0.4, -0.2) is 28.2 Å². The molecule has 0 saturated heterocycles. The number of amides is 1. The largest absolute Gasteiger partial charge is 0.491 e. The van der Waals surface area contributed by atoms with Gasteiger partial charge in [0, 0.05) is 35.6 Å². The number of allylic oxidation sites excluding steroid dienone is 1. The number of nitrogens with one attached hydrogen (secondary N) is 1. The molecule has 0 bridgehead atoms. The maximum Gasteiger partial charge on any atom is 0.303 e. The fraction of sp³-hybridized carbons (Fsp3) is 0.419. The van der Waals surface area contributed by atoms with Gasteiger partial charge in [0.2, 0.25) is 5.91 Å². The number of ether oxygens (including phenoxy) is 1. The molecule has 1 aromatic heterocycles. The van der Waals surface area contributed by atoms with Crippen LogP contribution in [0.2, 0.25) is 0 Å². The van der Waals surface area contributed by atoms with Gasteiger partial charge in [-0.3, -0.25) is 9.59 Å². The summed E-state index contributed by atoms with van der Waals surface area (Å²) < 4.78 is 8.14. The van der Waals surface area contributed by atoms with Crippen LogP contribution in [0.25, 0.3) is 16.5 Å². The Morgan fingerprint density at radius 2 is 1.84 bits per heavy atom. The van der Waals surface area contributed by atoms with E-state index in [0.717, 1.165) is 17.6 Å². The van der Waals surface area contributed by atoms with Gasteiger partial charge in [-0.15, -0.1) is 0 Å². The van der Waals surface area contributed by atoms with E-state index in [2.05, 4.69) is 61.1 Å². The zero-order valence-corrected chi connectivity index (χ0v) is 22.3. The Morgan fingerprint density at radius 1 is 1.03 bits per heavy atom. The minimum atomic E-state index is -0.852. The van der Waals surface area contributed by atoms with Crippen molar-refractivity contribution < 1.29 is 19.4 Å². The molecule has 2 N–H and O–H groups in total. The van der Waals surface area contributed by atoms with E-state index in [1.165, 1.54) is 43.0 Å². The number of carbonyl (C=O) groups is 2. The molecule has 2 aromatic carbocycles. The number of para-hydroxylation sites is 2. The lowest BCUT2D eigenvalue weighted by Crippen LogP contribution is -2.11. The minimum absolute atomic E-state index is 0.0445. The number of carbonyl (C=O) groups excluding carboxylic acids is 1. The number of carboxylic acids is 1. The molecule has 0 fully saturated rings. The monoisotopic (exact) mass is 504 g/mol. The SMILES string of the molecule is CCCCC(CCC)n1ccc2cc(/C(=C\C(=O)Nc3ccccc3OCCCC(=O)O)CC)ccc21. The van der Waals surface area contributed by atoms with E-state index >= 15 is 0 Å². The number of aromatic nitrogens is 1. The highest BCUT2D eigenvalue weighted by Gasteiger charge is 2.14. The Balaban J connectivity index is 1.75. The number of nitrogens with zero attached hydrogens (tertiary/aromatic N) is 1. The molecule has 0 aliphatic rings. The van der Waals surface area contributed by atoms with Crippen LogP contribution in [0.4, 0.5) is 5.69 Å². The summed E-state index contributed by atoms with van der Waals surface area (Å²) in [5, 5.41) is 12.9. The summed E-state index contributed by atoms with van der Waals surface area (Å²) in [6, 6.07) is 16.4. The normalized spacial score (nSPS) is 12.5. The summed E-state index contributed by atoms with van der Waals surface area (Å²) in [6.07, 6.45) is 11.0. The predicted molar refractivity (Wildman–Crippen MR) is 151 cm³/mol. The van der Waals surface area contributed by atoms with Gasteiger partial charge in [-0.1, -0.05) is 58.2 Å². The molecule has 0 spiro atoms. The second kappa shape index (κ2) is 14.3. The molecule has 37 heavy (non-hydrogen) atoms. The van der Waals surface area contributed by atoms with E-state index < -0.39 is 5.97 Å². The van der Waals surface area contributed by atoms with E-state index in [0.29, 0.717) is 23.9 Å². The topological polar surface area (TPSA) is 80.6 Å². The van der Waals surface area contributed by atoms with Crippen LogP contribution in [0.5, 0.6) is 5.75 Å². The summed E-state index contributed by atoms with van der Waals surface area (Å²) in [7, 11) is 0. The van der Waals surface area contributed by atoms with Crippen molar-refractivity contribution in [3.8, 4) is 5.75 Å². The van der Waals surface area contributed by atoms with Gasteiger partial charge in [0.25, 0.3) is 0 Å². The highest BCUT2D eigenvalue weighted by atomic mass is 16.5. The summed E-state index contributed by atoms with van der Waals surface area (Å²) in [6.45, 7) is 6.81. The van der Waals surface area contributed by atoms with Crippen LogP contribution in [0.15, 0.2) is 60.8 Å². The third kappa shape index (κ3) is 7.97. The molecule has 6 heteroatoms. The summed E-state index contributed by atoms with van der Waals surface area (Å²) in [5.74, 6) is -0.548. The summed E-state index contributed by atoms with van der Waals surface area (Å²) >= 11 is 0. The maximum absolute atomic E-state index is 12.9. The standard InChI is InChI=1S/C31H40N2O4/c1-4-7-12-26(11-5-2)33-19-18-25-21-24(16-17-28(25)33)23(6-3)22-30(34)32-27-13-8-9-14-29(27)37-20-10-15-31(35)36/h8-9,13-14,16-19,21-22,26H,4-7,10-12,15,20H2,1-3H3,(H,32,34)(H,35,36)/b23-22-. The van der Waals surface area contributed by atoms with Gasteiger partial charge in [-0.2, -0.15) is 0 Å². The van der Waals surface area contributed by atoms with Gasteiger partial charge in [-0.05, 0) is 67.2 Å². The van der Waals surface area contributed by atoms with Gasteiger partial charge in [-0.25, -0.2) is 0 Å². The average molecular weight is 505 g/mol. The first-order valence-corrected chi connectivity index (χ1v) is 13.5. The first-order chi connectivity index (χ1) is 18.0. The van der Waals surface area contributed by atoms with Crippen LogP contribution in [-0.2, 0) is 9.59 Å². The first kappa shape index (κ1) is 28.0. The van der Waals surface area contributed by atoms with E-state index in [9.17, 15) is 9.59 Å². The smallest absolute Gasteiger partial charge is 0.303 e. The number of unbranched alkanes of at least 4 members (excludes halogenated alkanes) is 1. The van der Waals surface area contributed by atoms with E-state index in [1.54, 1.807) is 18.2 Å². The van der Waals surface area contributed by atoms with Crippen molar-refractivity contribution in [1.29, 1.82) is 0 Å². The summed E-state index contributed by atoms with van der Waals surface area (Å²) in [5.41, 5.74) is 3.81. The Kier molecular flexibility index (Phi) is 10.8. The molecular formula is C31H40N2O4. The van der Waals surface area contributed by atoms with Crippen molar-refractivity contribution in [2.24, 2.45) is 0 Å². The lowest BCUT2D eigenvalue weighted by atomic mass is 10.0. The highest BCUT2D eigenvalue weighted by Crippen LogP contribution is 2.30. The van der Waals surface area contributed by atoms with Crippen molar-refractivity contribution >= 4 is 34.0 Å². The van der Waals surface area contributed by atoms with Gasteiger partial charge >= 0.3 is 5.97 Å². The van der Waals surface area contributed by atoms with Gasteiger partial charge in [0.1, 0.15) is 5.75 Å². The van der Waals surface area contributed by atoms with Crippen LogP contribution in [0.3, 0.4) is 0 Å². The fourth-order valence-corrected chi connectivity index (χ4v) is 4.70. The zero-order chi connectivity index (χ0) is 26.6. The molecule has 1 amide bonds. The zero-order valence-electron chi connectivity index (χ0n) is 22.3. The van der Waals surface area contributed by atoms with Gasteiger partial charge < -0.3 is 19.7 Å². The molecule has 3 rings (SSSR count). The number of benzene rings is 2. The minimum Gasteiger partial charge on any atom is -0.491 e. The van der Waals surface area contributed by atoms with E-state index in [4.69, 9.17) is 9.84 Å². The van der Waals surface area contributed by atoms with Crippen molar-refractivity contribution in [1.82, 2.24) is 4.57 Å². The number of fused-ring (bicyclic) bond motifs is 1. The fourth-order valence-electron chi connectivity index (χ4n) is 4.70.